The molecule has 238 valence electrons. The molecule has 1 aliphatic rings. The number of alkyl halides is 3. The van der Waals surface area contributed by atoms with Crippen LogP contribution in [0.15, 0.2) is 84.9 Å². The number of rotatable bonds is 8. The van der Waals surface area contributed by atoms with Crippen LogP contribution in [0.5, 0.6) is 5.75 Å². The van der Waals surface area contributed by atoms with Gasteiger partial charge >= 0.3 is 12.1 Å². The van der Waals surface area contributed by atoms with E-state index in [9.17, 15) is 42.2 Å². The lowest BCUT2D eigenvalue weighted by Crippen LogP contribution is -2.52. The minimum Gasteiger partial charge on any atom is -0.507 e. The standard InChI is InChI=1S/C34H27ClF4N2O5/c35-26-18-23(10-12-27(26)36)22-11-13-30(42)25(17-22)31(43)40-28(32(44)41-14-2-5-29(41)33(45)46)15-19-6-8-20(9-7-19)21-3-1-4-24(16-21)34(37,38)39/h1,3-4,6-13,16-18,28-29,42H,2,5,14-15H2,(H,40,43)(H,45,46)/t28-,29?/m0/s1. The molecule has 0 bridgehead atoms. The molecule has 4 aromatic rings. The summed E-state index contributed by atoms with van der Waals surface area (Å²) in [5, 5.41) is 22.7. The molecular formula is C34H27ClF4N2O5. The largest absolute Gasteiger partial charge is 0.507 e. The number of hydrogen-bond donors (Lipinski definition) is 3. The van der Waals surface area contributed by atoms with E-state index in [1.54, 1.807) is 24.3 Å². The van der Waals surface area contributed by atoms with Gasteiger partial charge in [-0.1, -0.05) is 60.1 Å². The number of amides is 2. The van der Waals surface area contributed by atoms with Gasteiger partial charge in [0.25, 0.3) is 5.91 Å². The number of carboxylic acid groups (broad SMARTS) is 1. The summed E-state index contributed by atoms with van der Waals surface area (Å²) in [7, 11) is 0. The molecule has 5 rings (SSSR count). The van der Waals surface area contributed by atoms with Gasteiger partial charge in [-0.05, 0) is 77.1 Å². The molecule has 0 saturated carbocycles. The molecule has 0 radical (unpaired) electrons. The first-order chi connectivity index (χ1) is 21.8. The van der Waals surface area contributed by atoms with E-state index >= 15 is 0 Å². The molecule has 0 aliphatic carbocycles. The second-order valence-corrected chi connectivity index (χ2v) is 11.3. The first kappa shape index (κ1) is 32.5. The molecule has 2 atom stereocenters. The number of benzene rings is 4. The Morgan fingerprint density at radius 2 is 1.57 bits per heavy atom. The van der Waals surface area contributed by atoms with Crippen LogP contribution in [0.2, 0.25) is 5.02 Å². The van der Waals surface area contributed by atoms with Crippen molar-refractivity contribution in [2.75, 3.05) is 6.54 Å². The Bertz CT molecular complexity index is 1800. The van der Waals surface area contributed by atoms with Crippen LogP contribution in [-0.4, -0.2) is 51.5 Å². The Hall–Kier alpha value is -4.90. The first-order valence-electron chi connectivity index (χ1n) is 14.2. The number of phenols is 1. The third-order valence-electron chi connectivity index (χ3n) is 7.84. The van der Waals surface area contributed by atoms with Gasteiger partial charge in [0.15, 0.2) is 0 Å². The number of phenolic OH excluding ortho intramolecular Hbond substituents is 1. The van der Waals surface area contributed by atoms with E-state index in [1.165, 1.54) is 47.4 Å². The number of halogens is 5. The maximum atomic E-state index is 13.7. The molecule has 1 heterocycles. The monoisotopic (exact) mass is 654 g/mol. The van der Waals surface area contributed by atoms with Crippen LogP contribution in [0.1, 0.15) is 34.3 Å². The van der Waals surface area contributed by atoms with Crippen molar-refractivity contribution in [2.45, 2.75) is 37.5 Å². The van der Waals surface area contributed by atoms with Crippen molar-refractivity contribution in [1.82, 2.24) is 10.2 Å². The van der Waals surface area contributed by atoms with Crippen molar-refractivity contribution in [3.63, 3.8) is 0 Å². The first-order valence-corrected chi connectivity index (χ1v) is 14.6. The summed E-state index contributed by atoms with van der Waals surface area (Å²) in [6, 6.07) is 17.0. The molecule has 0 aromatic heterocycles. The second kappa shape index (κ2) is 13.2. The van der Waals surface area contributed by atoms with Gasteiger partial charge in [0.05, 0.1) is 16.1 Å². The van der Waals surface area contributed by atoms with Crippen molar-refractivity contribution in [3.05, 3.63) is 112 Å². The van der Waals surface area contributed by atoms with E-state index in [0.29, 0.717) is 34.2 Å². The molecule has 1 unspecified atom stereocenters. The highest BCUT2D eigenvalue weighted by molar-refractivity contribution is 6.31. The smallest absolute Gasteiger partial charge is 0.416 e. The number of aromatic hydroxyl groups is 1. The van der Waals surface area contributed by atoms with Crippen LogP contribution in [0.25, 0.3) is 22.3 Å². The third kappa shape index (κ3) is 7.15. The van der Waals surface area contributed by atoms with Crippen LogP contribution in [-0.2, 0) is 22.2 Å². The molecule has 1 saturated heterocycles. The Labute approximate surface area is 266 Å². The lowest BCUT2D eigenvalue weighted by atomic mass is 9.98. The van der Waals surface area contributed by atoms with Gasteiger partial charge in [-0.15, -0.1) is 0 Å². The van der Waals surface area contributed by atoms with Crippen LogP contribution in [0, 0.1) is 5.82 Å². The molecule has 12 heteroatoms. The topological polar surface area (TPSA) is 107 Å². The highest BCUT2D eigenvalue weighted by Gasteiger charge is 2.38. The minimum atomic E-state index is -4.51. The van der Waals surface area contributed by atoms with Crippen molar-refractivity contribution in [2.24, 2.45) is 0 Å². The average molecular weight is 655 g/mol. The SMILES string of the molecule is O=C(N[C@@H](Cc1ccc(-c2cccc(C(F)(F)F)c2)cc1)C(=O)N1CCCC1C(=O)O)c1cc(-c2ccc(F)c(Cl)c2)ccc1O. The summed E-state index contributed by atoms with van der Waals surface area (Å²) in [6.07, 6.45) is -3.88. The van der Waals surface area contributed by atoms with Gasteiger partial charge in [-0.2, -0.15) is 13.2 Å². The number of carboxylic acids is 1. The van der Waals surface area contributed by atoms with E-state index < -0.39 is 53.2 Å². The second-order valence-electron chi connectivity index (χ2n) is 10.9. The molecule has 7 nitrogen and oxygen atoms in total. The van der Waals surface area contributed by atoms with Crippen molar-refractivity contribution < 1.29 is 42.2 Å². The fourth-order valence-electron chi connectivity index (χ4n) is 5.44. The molecule has 0 spiro atoms. The van der Waals surface area contributed by atoms with Crippen LogP contribution in [0.4, 0.5) is 17.6 Å². The van der Waals surface area contributed by atoms with Gasteiger partial charge in [0.2, 0.25) is 5.91 Å². The number of carbonyl (C=O) groups is 3. The fraction of sp³-hybridized carbons (Fsp3) is 0.206. The number of aliphatic carboxylic acids is 1. The van der Waals surface area contributed by atoms with Gasteiger partial charge in [-0.3, -0.25) is 9.59 Å². The zero-order chi connectivity index (χ0) is 33.2. The average Bonchev–Trinajstić information content (AvgIpc) is 3.53. The Balaban J connectivity index is 1.43. The molecule has 1 fully saturated rings. The fourth-order valence-corrected chi connectivity index (χ4v) is 5.62. The molecule has 46 heavy (non-hydrogen) atoms. The highest BCUT2D eigenvalue weighted by atomic mass is 35.5. The Morgan fingerprint density at radius 1 is 0.913 bits per heavy atom. The summed E-state index contributed by atoms with van der Waals surface area (Å²) >= 11 is 5.91. The van der Waals surface area contributed by atoms with Crippen molar-refractivity contribution in [3.8, 4) is 28.0 Å². The maximum absolute atomic E-state index is 13.7. The van der Waals surface area contributed by atoms with E-state index in [-0.39, 0.29) is 30.0 Å². The van der Waals surface area contributed by atoms with E-state index in [1.807, 2.05) is 0 Å². The zero-order valence-corrected chi connectivity index (χ0v) is 24.8. The van der Waals surface area contributed by atoms with Crippen molar-refractivity contribution in [1.29, 1.82) is 0 Å². The number of likely N-dealkylation sites (tertiary alicyclic amines) is 1. The molecule has 1 aliphatic heterocycles. The quantitative estimate of drug-likeness (QED) is 0.178. The Kier molecular flexibility index (Phi) is 9.34. The summed E-state index contributed by atoms with van der Waals surface area (Å²) in [5.74, 6) is -3.66. The third-order valence-corrected chi connectivity index (χ3v) is 8.13. The zero-order valence-electron chi connectivity index (χ0n) is 24.0. The minimum absolute atomic E-state index is 0.0791. The molecular weight excluding hydrogens is 628 g/mol. The predicted molar refractivity (Wildman–Crippen MR) is 163 cm³/mol. The van der Waals surface area contributed by atoms with E-state index in [0.717, 1.165) is 18.2 Å². The summed E-state index contributed by atoms with van der Waals surface area (Å²) < 4.78 is 53.4. The van der Waals surface area contributed by atoms with E-state index in [4.69, 9.17) is 11.6 Å². The van der Waals surface area contributed by atoms with Crippen LogP contribution in [0.3, 0.4) is 0 Å². The van der Waals surface area contributed by atoms with E-state index in [2.05, 4.69) is 5.32 Å². The van der Waals surface area contributed by atoms with Gasteiger partial charge < -0.3 is 20.4 Å². The summed E-state index contributed by atoms with van der Waals surface area (Å²) in [5.41, 5.74) is 1.29. The molecule has 4 aromatic carbocycles. The van der Waals surface area contributed by atoms with Gasteiger partial charge in [0, 0.05) is 13.0 Å². The summed E-state index contributed by atoms with van der Waals surface area (Å²) in [4.78, 5) is 40.3. The summed E-state index contributed by atoms with van der Waals surface area (Å²) in [6.45, 7) is 0.169. The number of hydrogen-bond acceptors (Lipinski definition) is 4. The van der Waals surface area contributed by atoms with Gasteiger partial charge in [0.1, 0.15) is 23.7 Å². The number of nitrogens with zero attached hydrogens (tertiary/aromatic N) is 1. The maximum Gasteiger partial charge on any atom is 0.416 e. The van der Waals surface area contributed by atoms with Gasteiger partial charge in [-0.25, -0.2) is 9.18 Å². The van der Waals surface area contributed by atoms with Crippen LogP contribution >= 0.6 is 11.6 Å². The number of nitrogens with one attached hydrogen (secondary N) is 1. The number of carbonyl (C=O) groups excluding carboxylic acids is 2. The predicted octanol–water partition coefficient (Wildman–Crippen LogP) is 6.95. The highest BCUT2D eigenvalue weighted by Crippen LogP contribution is 2.33. The molecule has 2 amide bonds. The van der Waals surface area contributed by atoms with Crippen molar-refractivity contribution >= 4 is 29.4 Å². The lowest BCUT2D eigenvalue weighted by Gasteiger charge is -2.27. The van der Waals surface area contributed by atoms with Crippen LogP contribution < -0.4 is 5.32 Å². The normalized spacial score (nSPS) is 15.4. The lowest BCUT2D eigenvalue weighted by molar-refractivity contribution is -0.148. The Morgan fingerprint density at radius 3 is 2.24 bits per heavy atom. The molecule has 3 N–H and O–H groups in total.